The summed E-state index contributed by atoms with van der Waals surface area (Å²) < 4.78 is 15.8. The first kappa shape index (κ1) is 23.2. The third kappa shape index (κ3) is 4.28. The van der Waals surface area contributed by atoms with Crippen molar-refractivity contribution >= 4 is 40.4 Å². The van der Waals surface area contributed by atoms with Gasteiger partial charge in [0.2, 0.25) is 5.88 Å². The van der Waals surface area contributed by atoms with Crippen LogP contribution in [0.5, 0.6) is 0 Å². The molecule has 0 spiro atoms. The highest BCUT2D eigenvalue weighted by atomic mass is 16.5. The van der Waals surface area contributed by atoms with E-state index in [0.717, 1.165) is 24.1 Å². The molecule has 9 nitrogen and oxygen atoms in total. The lowest BCUT2D eigenvalue weighted by Crippen LogP contribution is -2.23. The number of ether oxygens (including phenoxy) is 2. The Morgan fingerprint density at radius 3 is 2.50 bits per heavy atom. The molecule has 34 heavy (non-hydrogen) atoms. The van der Waals surface area contributed by atoms with Gasteiger partial charge in [-0.1, -0.05) is 18.2 Å². The summed E-state index contributed by atoms with van der Waals surface area (Å²) in [7, 11) is 0. The number of rotatable bonds is 7. The number of esters is 2. The van der Waals surface area contributed by atoms with E-state index in [1.54, 1.807) is 13.0 Å². The van der Waals surface area contributed by atoms with Crippen molar-refractivity contribution in [1.29, 1.82) is 0 Å². The van der Waals surface area contributed by atoms with Crippen LogP contribution in [0.1, 0.15) is 68.4 Å². The third-order valence-electron chi connectivity index (χ3n) is 5.63. The van der Waals surface area contributed by atoms with Gasteiger partial charge in [-0.2, -0.15) is 0 Å². The molecule has 1 aliphatic carbocycles. The van der Waals surface area contributed by atoms with Crippen molar-refractivity contribution in [3.8, 4) is 0 Å². The van der Waals surface area contributed by atoms with Gasteiger partial charge in [-0.25, -0.2) is 9.59 Å². The van der Waals surface area contributed by atoms with E-state index in [0.29, 0.717) is 22.9 Å². The van der Waals surface area contributed by atoms with E-state index in [1.807, 2.05) is 18.2 Å². The number of ketones is 1. The SMILES string of the molecule is CCOC(=O)c1c(NC(=O)COC(=O)c2c3c(nc4ccccc24)CCC3)oc(C)c1C(C)=O. The molecule has 2 aromatic heterocycles. The van der Waals surface area contributed by atoms with Gasteiger partial charge in [-0.05, 0) is 51.7 Å². The summed E-state index contributed by atoms with van der Waals surface area (Å²) in [6.45, 7) is 3.88. The van der Waals surface area contributed by atoms with Gasteiger partial charge >= 0.3 is 11.9 Å². The highest BCUT2D eigenvalue weighted by Crippen LogP contribution is 2.31. The Balaban J connectivity index is 1.54. The van der Waals surface area contributed by atoms with Gasteiger partial charge in [0.1, 0.15) is 11.3 Å². The van der Waals surface area contributed by atoms with E-state index in [9.17, 15) is 19.2 Å². The summed E-state index contributed by atoms with van der Waals surface area (Å²) in [6.07, 6.45) is 2.40. The minimum atomic E-state index is -0.796. The molecule has 1 aromatic carbocycles. The van der Waals surface area contributed by atoms with Crippen molar-refractivity contribution in [2.45, 2.75) is 40.0 Å². The van der Waals surface area contributed by atoms with Crippen LogP contribution in [0.4, 0.5) is 5.88 Å². The monoisotopic (exact) mass is 464 g/mol. The summed E-state index contributed by atoms with van der Waals surface area (Å²) in [4.78, 5) is 54.6. The van der Waals surface area contributed by atoms with Gasteiger partial charge in [0, 0.05) is 11.1 Å². The maximum Gasteiger partial charge on any atom is 0.344 e. The molecule has 0 atom stereocenters. The zero-order valence-corrected chi connectivity index (χ0v) is 19.1. The number of hydrogen-bond acceptors (Lipinski definition) is 8. The molecule has 0 bridgehead atoms. The molecule has 1 amide bonds. The number of carbonyl (C=O) groups is 4. The largest absolute Gasteiger partial charge is 0.462 e. The highest BCUT2D eigenvalue weighted by molar-refractivity contribution is 6.11. The van der Waals surface area contributed by atoms with Crippen molar-refractivity contribution in [2.75, 3.05) is 18.5 Å². The number of para-hydroxylation sites is 1. The van der Waals surface area contributed by atoms with Crippen LogP contribution >= 0.6 is 0 Å². The van der Waals surface area contributed by atoms with Gasteiger partial charge in [0.05, 0.1) is 23.3 Å². The number of nitrogens with zero attached hydrogens (tertiary/aromatic N) is 1. The number of aryl methyl sites for hydroxylation is 2. The van der Waals surface area contributed by atoms with Gasteiger partial charge in [-0.15, -0.1) is 0 Å². The average Bonchev–Trinajstić information content (AvgIpc) is 3.39. The molecule has 176 valence electrons. The molecule has 2 heterocycles. The normalized spacial score (nSPS) is 12.3. The fraction of sp³-hybridized carbons (Fsp3) is 0.320. The average molecular weight is 464 g/mol. The van der Waals surface area contributed by atoms with Crippen LogP contribution in [0.25, 0.3) is 10.9 Å². The number of anilines is 1. The predicted molar refractivity (Wildman–Crippen MR) is 122 cm³/mol. The number of benzene rings is 1. The van der Waals surface area contributed by atoms with E-state index < -0.39 is 30.2 Å². The first-order valence-electron chi connectivity index (χ1n) is 11.0. The van der Waals surface area contributed by atoms with Crippen molar-refractivity contribution < 1.29 is 33.1 Å². The number of carbonyl (C=O) groups excluding carboxylic acids is 4. The number of Topliss-reactive ketones (excluding diaryl/α,β-unsaturated/α-hetero) is 1. The lowest BCUT2D eigenvalue weighted by atomic mass is 10.0. The first-order valence-corrected chi connectivity index (χ1v) is 11.0. The van der Waals surface area contributed by atoms with Crippen LogP contribution in [-0.2, 0) is 27.1 Å². The van der Waals surface area contributed by atoms with E-state index in [1.165, 1.54) is 13.8 Å². The molecule has 4 rings (SSSR count). The van der Waals surface area contributed by atoms with Crippen molar-refractivity contribution in [2.24, 2.45) is 0 Å². The van der Waals surface area contributed by atoms with E-state index in [4.69, 9.17) is 13.9 Å². The van der Waals surface area contributed by atoms with Crippen LogP contribution in [0.15, 0.2) is 28.7 Å². The van der Waals surface area contributed by atoms with Crippen molar-refractivity contribution in [1.82, 2.24) is 4.98 Å². The Morgan fingerprint density at radius 2 is 1.76 bits per heavy atom. The standard InChI is InChI=1S/C25H24N2O7/c1-4-32-25(31)22-20(13(2)28)14(3)34-23(22)27-19(29)12-33-24(30)21-15-8-5-6-10-17(15)26-18-11-7-9-16(18)21/h5-6,8,10H,4,7,9,11-12H2,1-3H3,(H,27,29). The Labute approximate surface area is 195 Å². The zero-order chi connectivity index (χ0) is 24.4. The molecule has 1 aliphatic rings. The number of hydrogen-bond donors (Lipinski definition) is 1. The Hall–Kier alpha value is -4.01. The van der Waals surface area contributed by atoms with Crippen molar-refractivity contribution in [3.63, 3.8) is 0 Å². The van der Waals surface area contributed by atoms with E-state index in [-0.39, 0.29) is 29.4 Å². The second kappa shape index (κ2) is 9.46. The van der Waals surface area contributed by atoms with Crippen LogP contribution in [0.2, 0.25) is 0 Å². The smallest absolute Gasteiger partial charge is 0.344 e. The Morgan fingerprint density at radius 1 is 1.03 bits per heavy atom. The number of pyridine rings is 1. The summed E-state index contributed by atoms with van der Waals surface area (Å²) >= 11 is 0. The molecular weight excluding hydrogens is 440 g/mol. The lowest BCUT2D eigenvalue weighted by Gasteiger charge is -2.12. The molecule has 9 heteroatoms. The van der Waals surface area contributed by atoms with Gasteiger partial charge in [0.15, 0.2) is 12.4 Å². The molecule has 1 N–H and O–H groups in total. The highest BCUT2D eigenvalue weighted by Gasteiger charge is 2.29. The maximum atomic E-state index is 13.0. The summed E-state index contributed by atoms with van der Waals surface area (Å²) in [6, 6.07) is 7.30. The molecular formula is C25H24N2O7. The van der Waals surface area contributed by atoms with Crippen molar-refractivity contribution in [3.05, 3.63) is 58.0 Å². The minimum absolute atomic E-state index is 0.0320. The minimum Gasteiger partial charge on any atom is -0.462 e. The number of amides is 1. The lowest BCUT2D eigenvalue weighted by molar-refractivity contribution is -0.119. The molecule has 0 saturated carbocycles. The second-order valence-electron chi connectivity index (χ2n) is 7.92. The molecule has 0 radical (unpaired) electrons. The fourth-order valence-electron chi connectivity index (χ4n) is 4.26. The Bertz CT molecular complexity index is 1320. The number of furan rings is 1. The zero-order valence-electron chi connectivity index (χ0n) is 19.1. The van der Waals surface area contributed by atoms with Crippen LogP contribution < -0.4 is 5.32 Å². The first-order chi connectivity index (χ1) is 16.3. The van der Waals surface area contributed by atoms with Crippen LogP contribution in [-0.4, -0.2) is 41.8 Å². The van der Waals surface area contributed by atoms with E-state index >= 15 is 0 Å². The molecule has 0 saturated heterocycles. The maximum absolute atomic E-state index is 13.0. The van der Waals surface area contributed by atoms with Gasteiger partial charge < -0.3 is 13.9 Å². The summed E-state index contributed by atoms with van der Waals surface area (Å²) in [5.74, 6) is -2.61. The molecule has 0 fully saturated rings. The quantitative estimate of drug-likeness (QED) is 0.413. The number of fused-ring (bicyclic) bond motifs is 2. The molecule has 0 aliphatic heterocycles. The van der Waals surface area contributed by atoms with E-state index in [2.05, 4.69) is 10.3 Å². The second-order valence-corrected chi connectivity index (χ2v) is 7.92. The summed E-state index contributed by atoms with van der Waals surface area (Å²) in [5, 5.41) is 3.09. The van der Waals surface area contributed by atoms with Crippen LogP contribution in [0, 0.1) is 6.92 Å². The summed E-state index contributed by atoms with van der Waals surface area (Å²) in [5.41, 5.74) is 2.71. The third-order valence-corrected chi connectivity index (χ3v) is 5.63. The van der Waals surface area contributed by atoms with Gasteiger partial charge in [0.25, 0.3) is 5.91 Å². The van der Waals surface area contributed by atoms with Gasteiger partial charge in [-0.3, -0.25) is 19.9 Å². The molecule has 3 aromatic rings. The Kier molecular flexibility index (Phi) is 6.45. The fourth-order valence-corrected chi connectivity index (χ4v) is 4.26. The topological polar surface area (TPSA) is 125 Å². The number of nitrogens with one attached hydrogen (secondary N) is 1. The van der Waals surface area contributed by atoms with Crippen LogP contribution in [0.3, 0.4) is 0 Å². The predicted octanol–water partition coefficient (Wildman–Crippen LogP) is 3.80. The number of aromatic nitrogens is 1. The molecule has 0 unspecified atom stereocenters.